The van der Waals surface area contributed by atoms with Gasteiger partial charge in [-0.25, -0.2) is 4.79 Å². The van der Waals surface area contributed by atoms with E-state index >= 15 is 0 Å². The second-order valence-corrected chi connectivity index (χ2v) is 8.46. The summed E-state index contributed by atoms with van der Waals surface area (Å²) >= 11 is 0. The number of fused-ring (bicyclic) bond motifs is 3. The van der Waals surface area contributed by atoms with Gasteiger partial charge >= 0.3 is 6.09 Å². The highest BCUT2D eigenvalue weighted by molar-refractivity contribution is 5.79. The van der Waals surface area contributed by atoms with Crippen LogP contribution in [0.1, 0.15) is 36.3 Å². The molecule has 1 unspecified atom stereocenters. The third kappa shape index (κ3) is 3.53. The Morgan fingerprint density at radius 2 is 1.55 bits per heavy atom. The fourth-order valence-corrected chi connectivity index (χ4v) is 5.20. The molecule has 0 radical (unpaired) electrons. The summed E-state index contributed by atoms with van der Waals surface area (Å²) in [4.78, 5) is 16.9. The van der Waals surface area contributed by atoms with Crippen molar-refractivity contribution in [3.63, 3.8) is 0 Å². The molecule has 29 heavy (non-hydrogen) atoms. The highest BCUT2D eigenvalue weighted by Crippen LogP contribution is 2.44. The number of likely N-dealkylation sites (tertiary alicyclic amines) is 2. The normalized spacial score (nSPS) is 22.5. The monoisotopic (exact) mass is 392 g/mol. The minimum absolute atomic E-state index is 0.106. The van der Waals surface area contributed by atoms with Crippen molar-refractivity contribution in [2.45, 2.75) is 37.3 Å². The maximum atomic E-state index is 12.7. The standard InChI is InChI=1S/C24H28N2O3/c27-18-11-14-26(15-18)17-9-12-25(13-10-17)24(28)29-16-23-21-7-3-1-5-19(21)20-6-2-4-8-22(20)23/h1-8,17-18,23,27H,9-16H2. The molecule has 5 rings (SSSR count). The number of ether oxygens (including phenoxy) is 1. The average molecular weight is 392 g/mol. The summed E-state index contributed by atoms with van der Waals surface area (Å²) in [7, 11) is 0. The van der Waals surface area contributed by atoms with E-state index in [9.17, 15) is 9.90 Å². The van der Waals surface area contributed by atoms with Gasteiger partial charge in [0.25, 0.3) is 0 Å². The van der Waals surface area contributed by atoms with Gasteiger partial charge in [0.1, 0.15) is 6.61 Å². The third-order valence-electron chi connectivity index (χ3n) is 6.77. The van der Waals surface area contributed by atoms with Crippen molar-refractivity contribution in [3.8, 4) is 11.1 Å². The first-order chi connectivity index (χ1) is 14.2. The first-order valence-corrected chi connectivity index (χ1v) is 10.7. The zero-order valence-corrected chi connectivity index (χ0v) is 16.7. The zero-order valence-electron chi connectivity index (χ0n) is 16.7. The Kier molecular flexibility index (Phi) is 5.02. The number of β-amino-alcohol motifs (C(OH)–C–C–N with tert-alkyl or cyclic N) is 1. The van der Waals surface area contributed by atoms with E-state index in [4.69, 9.17) is 4.74 Å². The van der Waals surface area contributed by atoms with Crippen LogP contribution in [0.2, 0.25) is 0 Å². The summed E-state index contributed by atoms with van der Waals surface area (Å²) in [5.74, 6) is 0.106. The van der Waals surface area contributed by atoms with E-state index in [-0.39, 0.29) is 18.1 Å². The van der Waals surface area contributed by atoms with E-state index < -0.39 is 0 Å². The van der Waals surface area contributed by atoms with E-state index in [1.165, 1.54) is 22.3 Å². The van der Waals surface area contributed by atoms with Crippen molar-refractivity contribution in [3.05, 3.63) is 59.7 Å². The summed E-state index contributed by atoms with van der Waals surface area (Å²) in [5, 5.41) is 9.76. The number of carbonyl (C=O) groups is 1. The van der Waals surface area contributed by atoms with Crippen molar-refractivity contribution in [1.29, 1.82) is 0 Å². The average Bonchev–Trinajstić information content (AvgIpc) is 3.34. The van der Waals surface area contributed by atoms with Crippen LogP contribution < -0.4 is 0 Å². The Hall–Kier alpha value is -2.37. The summed E-state index contributed by atoms with van der Waals surface area (Å²) in [5.41, 5.74) is 4.98. The molecule has 1 amide bonds. The first-order valence-electron chi connectivity index (χ1n) is 10.7. The lowest BCUT2D eigenvalue weighted by atomic mass is 9.98. The van der Waals surface area contributed by atoms with Crippen LogP contribution in [-0.4, -0.2) is 65.9 Å². The SMILES string of the molecule is O=C(OCC1c2ccccc2-c2ccccc21)N1CCC(N2CCC(O)C2)CC1. The molecular formula is C24H28N2O3. The minimum atomic E-state index is -0.202. The highest BCUT2D eigenvalue weighted by Gasteiger charge is 2.33. The number of aliphatic hydroxyl groups excluding tert-OH is 1. The molecule has 5 heteroatoms. The number of hydrogen-bond acceptors (Lipinski definition) is 4. The first kappa shape index (κ1) is 18.6. The van der Waals surface area contributed by atoms with Crippen LogP contribution in [0.3, 0.4) is 0 Å². The quantitative estimate of drug-likeness (QED) is 0.869. The molecule has 0 bridgehead atoms. The van der Waals surface area contributed by atoms with Gasteiger partial charge < -0.3 is 14.7 Å². The van der Waals surface area contributed by atoms with Crippen LogP contribution in [-0.2, 0) is 4.74 Å². The molecule has 0 aromatic heterocycles. The molecule has 2 heterocycles. The van der Waals surface area contributed by atoms with Gasteiger partial charge in [0.05, 0.1) is 6.10 Å². The summed E-state index contributed by atoms with van der Waals surface area (Å²) < 4.78 is 5.79. The Labute approximate surface area is 171 Å². The number of hydrogen-bond donors (Lipinski definition) is 1. The van der Waals surface area contributed by atoms with Gasteiger partial charge in [0.2, 0.25) is 0 Å². The van der Waals surface area contributed by atoms with Gasteiger partial charge in [0, 0.05) is 38.1 Å². The number of piperidine rings is 1. The van der Waals surface area contributed by atoms with Crippen molar-refractivity contribution < 1.29 is 14.6 Å². The third-order valence-corrected chi connectivity index (χ3v) is 6.77. The highest BCUT2D eigenvalue weighted by atomic mass is 16.6. The smallest absolute Gasteiger partial charge is 0.409 e. The predicted molar refractivity (Wildman–Crippen MR) is 112 cm³/mol. The lowest BCUT2D eigenvalue weighted by Gasteiger charge is -2.36. The molecule has 0 saturated carbocycles. The van der Waals surface area contributed by atoms with Crippen LogP contribution in [0.5, 0.6) is 0 Å². The van der Waals surface area contributed by atoms with Crippen molar-refractivity contribution in [2.75, 3.05) is 32.8 Å². The molecule has 3 aliphatic rings. The van der Waals surface area contributed by atoms with Gasteiger partial charge in [-0.3, -0.25) is 4.90 Å². The molecular weight excluding hydrogens is 364 g/mol. The number of aliphatic hydroxyl groups is 1. The predicted octanol–water partition coefficient (Wildman–Crippen LogP) is 3.47. The second-order valence-electron chi connectivity index (χ2n) is 8.46. The summed E-state index contributed by atoms with van der Waals surface area (Å²) in [6.45, 7) is 3.58. The second kappa shape index (κ2) is 7.81. The Morgan fingerprint density at radius 3 is 2.14 bits per heavy atom. The molecule has 0 spiro atoms. The Balaban J connectivity index is 1.20. The molecule has 1 N–H and O–H groups in total. The van der Waals surface area contributed by atoms with Crippen LogP contribution >= 0.6 is 0 Å². The topological polar surface area (TPSA) is 53.0 Å². The lowest BCUT2D eigenvalue weighted by molar-refractivity contribution is 0.0719. The summed E-state index contributed by atoms with van der Waals surface area (Å²) in [6, 6.07) is 17.3. The molecule has 1 aliphatic carbocycles. The largest absolute Gasteiger partial charge is 0.448 e. The van der Waals surface area contributed by atoms with Gasteiger partial charge in [-0.1, -0.05) is 48.5 Å². The fraction of sp³-hybridized carbons (Fsp3) is 0.458. The van der Waals surface area contributed by atoms with Crippen LogP contribution in [0.15, 0.2) is 48.5 Å². The van der Waals surface area contributed by atoms with E-state index in [2.05, 4.69) is 53.4 Å². The van der Waals surface area contributed by atoms with Crippen molar-refractivity contribution >= 4 is 6.09 Å². The molecule has 1 atom stereocenters. The molecule has 2 fully saturated rings. The van der Waals surface area contributed by atoms with Gasteiger partial charge in [0.15, 0.2) is 0 Å². The van der Waals surface area contributed by atoms with E-state index in [0.29, 0.717) is 12.6 Å². The zero-order chi connectivity index (χ0) is 19.8. The summed E-state index contributed by atoms with van der Waals surface area (Å²) in [6.07, 6.45) is 2.39. The Bertz CT molecular complexity index is 846. The molecule has 2 aromatic rings. The maximum absolute atomic E-state index is 12.7. The van der Waals surface area contributed by atoms with Crippen molar-refractivity contribution in [2.24, 2.45) is 0 Å². The van der Waals surface area contributed by atoms with Crippen molar-refractivity contribution in [1.82, 2.24) is 9.80 Å². The van der Waals surface area contributed by atoms with E-state index in [0.717, 1.165) is 45.4 Å². The lowest BCUT2D eigenvalue weighted by Crippen LogP contribution is -2.46. The fourth-order valence-electron chi connectivity index (χ4n) is 5.20. The van der Waals surface area contributed by atoms with E-state index in [1.807, 2.05) is 4.90 Å². The Morgan fingerprint density at radius 1 is 0.931 bits per heavy atom. The van der Waals surface area contributed by atoms with Crippen LogP contribution in [0, 0.1) is 0 Å². The molecule has 152 valence electrons. The van der Waals surface area contributed by atoms with Gasteiger partial charge in [-0.05, 0) is 41.5 Å². The van der Waals surface area contributed by atoms with Gasteiger partial charge in [-0.2, -0.15) is 0 Å². The van der Waals surface area contributed by atoms with Crippen LogP contribution in [0.25, 0.3) is 11.1 Å². The number of carbonyl (C=O) groups excluding carboxylic acids is 1. The van der Waals surface area contributed by atoms with Crippen LogP contribution in [0.4, 0.5) is 4.79 Å². The molecule has 2 aliphatic heterocycles. The molecule has 5 nitrogen and oxygen atoms in total. The number of rotatable bonds is 3. The van der Waals surface area contributed by atoms with E-state index in [1.54, 1.807) is 0 Å². The molecule has 2 saturated heterocycles. The molecule has 2 aromatic carbocycles. The number of benzene rings is 2. The van der Waals surface area contributed by atoms with Gasteiger partial charge in [-0.15, -0.1) is 0 Å². The number of nitrogens with zero attached hydrogens (tertiary/aromatic N) is 2. The maximum Gasteiger partial charge on any atom is 0.409 e. The minimum Gasteiger partial charge on any atom is -0.448 e. The number of amides is 1.